The Morgan fingerprint density at radius 2 is 2.04 bits per heavy atom. The van der Waals surface area contributed by atoms with Crippen molar-refractivity contribution in [2.45, 2.75) is 13.5 Å². The zero-order chi connectivity index (χ0) is 20.9. The minimum atomic E-state index is -0.621. The Bertz CT molecular complexity index is 747. The Morgan fingerprint density at radius 3 is 2.64 bits per heavy atom. The lowest BCUT2D eigenvalue weighted by Gasteiger charge is -2.19. The molecule has 2 N–H and O–H groups in total. The van der Waals surface area contributed by atoms with Crippen molar-refractivity contribution in [3.05, 3.63) is 59.0 Å². The first-order valence-electron chi connectivity index (χ1n) is 8.43. The van der Waals surface area contributed by atoms with Crippen molar-refractivity contribution < 1.29 is 13.9 Å². The van der Waals surface area contributed by atoms with E-state index < -0.39 is 11.9 Å². The van der Waals surface area contributed by atoms with Gasteiger partial charge in [-0.25, -0.2) is 14.2 Å². The van der Waals surface area contributed by atoms with Crippen molar-refractivity contribution in [2.75, 3.05) is 27.3 Å². The van der Waals surface area contributed by atoms with Crippen LogP contribution >= 0.6 is 11.6 Å². The summed E-state index contributed by atoms with van der Waals surface area (Å²) in [5, 5.41) is 6.06. The molecule has 0 aliphatic rings. The minimum absolute atomic E-state index is 0.101. The summed E-state index contributed by atoms with van der Waals surface area (Å²) in [6.45, 7) is 6.03. The third-order valence-electron chi connectivity index (χ3n) is 3.29. The monoisotopic (exact) mass is 409 g/mol. The number of urea groups is 1. The van der Waals surface area contributed by atoms with Gasteiger partial charge in [0.1, 0.15) is 12.2 Å². The molecule has 9 heteroatoms. The summed E-state index contributed by atoms with van der Waals surface area (Å²) >= 11 is 5.87. The zero-order valence-corrected chi connectivity index (χ0v) is 17.0. The van der Waals surface area contributed by atoms with E-state index in [4.69, 9.17) is 16.3 Å². The maximum atomic E-state index is 13.0. The molecule has 7 nitrogen and oxygen atoms in total. The van der Waals surface area contributed by atoms with E-state index in [9.17, 15) is 9.18 Å². The molecule has 0 spiro atoms. The Kier molecular flexibility index (Phi) is 10.5. The number of halogens is 2. The molecule has 152 valence electrons. The van der Waals surface area contributed by atoms with Crippen molar-refractivity contribution in [3.63, 3.8) is 0 Å². The molecule has 1 aromatic carbocycles. The molecule has 1 rings (SSSR count). The highest BCUT2D eigenvalue weighted by Crippen LogP contribution is 2.10. The molecule has 0 unspecified atom stereocenters. The van der Waals surface area contributed by atoms with E-state index in [1.54, 1.807) is 33.2 Å². The van der Waals surface area contributed by atoms with Gasteiger partial charge in [-0.2, -0.15) is 0 Å². The van der Waals surface area contributed by atoms with Gasteiger partial charge in [-0.1, -0.05) is 30.3 Å². The zero-order valence-electron chi connectivity index (χ0n) is 16.2. The summed E-state index contributed by atoms with van der Waals surface area (Å²) in [7, 11) is 3.21. The Hall–Kier alpha value is -2.71. The van der Waals surface area contributed by atoms with Crippen LogP contribution in [0.4, 0.5) is 9.18 Å². The minimum Gasteiger partial charge on any atom is -0.383 e. The highest BCUT2D eigenvalue weighted by molar-refractivity contribution is 6.30. The van der Waals surface area contributed by atoms with Crippen molar-refractivity contribution in [2.24, 2.45) is 9.98 Å². The number of nitrogens with one attached hydrogen (secondary N) is 2. The molecule has 0 saturated carbocycles. The van der Waals surface area contributed by atoms with Gasteiger partial charge in [0.15, 0.2) is 0 Å². The van der Waals surface area contributed by atoms with Crippen LogP contribution < -0.4 is 10.6 Å². The van der Waals surface area contributed by atoms with E-state index in [1.807, 2.05) is 12.1 Å². The number of carbonyl (C=O) groups excluding carboxylic acids is 1. The standard InChI is InChI=1S/C19H25ClFN5O2/c1-14(21)11-15(2)24-18(23-13-22-9-10-28-4)25-19(27)26(3)12-16-5-7-17(20)8-6-16/h5-8,11,13H,1,9-10,12H2,2-4H3,(H2,22,23,24,25,27)/b15-11+. The number of allylic oxidation sites excluding steroid dienone is 3. The molecule has 28 heavy (non-hydrogen) atoms. The maximum Gasteiger partial charge on any atom is 0.324 e. The number of benzene rings is 1. The largest absolute Gasteiger partial charge is 0.383 e. The van der Waals surface area contributed by atoms with E-state index in [0.29, 0.717) is 30.4 Å². The van der Waals surface area contributed by atoms with E-state index in [-0.39, 0.29) is 5.96 Å². The second kappa shape index (κ2) is 12.6. The SMILES string of the molecule is C=C(F)/C=C(\C)NC(=NC=NCCOC)NC(=O)N(C)Cc1ccc(Cl)cc1. The topological polar surface area (TPSA) is 78.3 Å². The molecule has 0 bridgehead atoms. The molecular weight excluding hydrogens is 385 g/mol. The summed E-state index contributed by atoms with van der Waals surface area (Å²) in [4.78, 5) is 22.0. The van der Waals surface area contributed by atoms with Gasteiger partial charge >= 0.3 is 6.03 Å². The van der Waals surface area contributed by atoms with Crippen LogP contribution in [-0.4, -0.2) is 50.5 Å². The summed E-state index contributed by atoms with van der Waals surface area (Å²) in [5.41, 5.74) is 1.33. The van der Waals surface area contributed by atoms with E-state index >= 15 is 0 Å². The third-order valence-corrected chi connectivity index (χ3v) is 3.54. The number of rotatable bonds is 8. The highest BCUT2D eigenvalue weighted by atomic mass is 35.5. The van der Waals surface area contributed by atoms with Crippen LogP contribution in [-0.2, 0) is 11.3 Å². The molecule has 0 fully saturated rings. The van der Waals surface area contributed by atoms with Crippen molar-refractivity contribution in [1.82, 2.24) is 15.5 Å². The van der Waals surface area contributed by atoms with Gasteiger partial charge < -0.3 is 15.0 Å². The lowest BCUT2D eigenvalue weighted by Crippen LogP contribution is -2.45. The molecule has 2 amide bonds. The van der Waals surface area contributed by atoms with Crippen LogP contribution in [0.3, 0.4) is 0 Å². The Labute approximate surface area is 169 Å². The quantitative estimate of drug-likeness (QED) is 0.298. The van der Waals surface area contributed by atoms with Gasteiger partial charge in [0, 0.05) is 31.4 Å². The lowest BCUT2D eigenvalue weighted by molar-refractivity contribution is 0.208. The molecule has 0 heterocycles. The number of nitrogens with zero attached hydrogens (tertiary/aromatic N) is 3. The summed E-state index contributed by atoms with van der Waals surface area (Å²) < 4.78 is 17.9. The van der Waals surface area contributed by atoms with E-state index in [2.05, 4.69) is 27.2 Å². The number of guanidine groups is 1. The maximum absolute atomic E-state index is 13.0. The Morgan fingerprint density at radius 1 is 1.36 bits per heavy atom. The molecule has 0 aliphatic heterocycles. The average molecular weight is 410 g/mol. The average Bonchev–Trinajstić information content (AvgIpc) is 2.62. The van der Waals surface area contributed by atoms with Gasteiger partial charge in [0.05, 0.1) is 13.2 Å². The van der Waals surface area contributed by atoms with Crippen LogP contribution in [0.5, 0.6) is 0 Å². The molecule has 0 radical (unpaired) electrons. The first-order valence-corrected chi connectivity index (χ1v) is 8.81. The first kappa shape index (κ1) is 23.3. The molecule has 0 aromatic heterocycles. The van der Waals surface area contributed by atoms with Crippen LogP contribution in [0, 0.1) is 0 Å². The van der Waals surface area contributed by atoms with Crippen LogP contribution in [0.2, 0.25) is 5.02 Å². The molecule has 1 aromatic rings. The molecule has 0 saturated heterocycles. The highest BCUT2D eigenvalue weighted by Gasteiger charge is 2.12. The van der Waals surface area contributed by atoms with Crippen molar-refractivity contribution in [1.29, 1.82) is 0 Å². The predicted octanol–water partition coefficient (Wildman–Crippen LogP) is 3.49. The normalized spacial score (nSPS) is 12.2. The van der Waals surface area contributed by atoms with E-state index in [1.165, 1.54) is 17.3 Å². The van der Waals surface area contributed by atoms with Gasteiger partial charge in [-0.3, -0.25) is 10.3 Å². The lowest BCUT2D eigenvalue weighted by atomic mass is 10.2. The number of carbonyl (C=O) groups is 1. The second-order valence-corrected chi connectivity index (χ2v) is 6.24. The van der Waals surface area contributed by atoms with Gasteiger partial charge in [-0.15, -0.1) is 0 Å². The summed E-state index contributed by atoms with van der Waals surface area (Å²) in [6, 6.07) is 6.78. The van der Waals surface area contributed by atoms with E-state index in [0.717, 1.165) is 5.56 Å². The smallest absolute Gasteiger partial charge is 0.324 e. The predicted molar refractivity (Wildman–Crippen MR) is 111 cm³/mol. The molecule has 0 aliphatic carbocycles. The van der Waals surface area contributed by atoms with Crippen molar-refractivity contribution >= 4 is 29.9 Å². The number of methoxy groups -OCH3 is 1. The molecule has 0 atom stereocenters. The number of hydrogen-bond acceptors (Lipinski definition) is 3. The van der Waals surface area contributed by atoms with Gasteiger partial charge in [-0.05, 0) is 30.7 Å². The summed E-state index contributed by atoms with van der Waals surface area (Å²) in [6.07, 6.45) is 2.47. The van der Waals surface area contributed by atoms with Gasteiger partial charge in [0.2, 0.25) is 5.96 Å². The number of aliphatic imine (C=N–C) groups is 2. The number of ether oxygens (including phenoxy) is 1. The fraction of sp³-hybridized carbons (Fsp3) is 0.316. The van der Waals surface area contributed by atoms with Crippen LogP contribution in [0.25, 0.3) is 0 Å². The molecular formula is C19H25ClFN5O2. The fourth-order valence-corrected chi connectivity index (χ4v) is 2.11. The third kappa shape index (κ3) is 9.84. The summed E-state index contributed by atoms with van der Waals surface area (Å²) in [5.74, 6) is -0.520. The van der Waals surface area contributed by atoms with Crippen LogP contribution in [0.1, 0.15) is 12.5 Å². The number of hydrogen-bond donors (Lipinski definition) is 2. The fourth-order valence-electron chi connectivity index (χ4n) is 1.99. The van der Waals surface area contributed by atoms with Crippen molar-refractivity contribution in [3.8, 4) is 0 Å². The second-order valence-electron chi connectivity index (χ2n) is 5.80. The Balaban J connectivity index is 2.79. The number of amides is 2. The van der Waals surface area contributed by atoms with Gasteiger partial charge in [0.25, 0.3) is 0 Å². The first-order chi connectivity index (χ1) is 13.3. The van der Waals surface area contributed by atoms with Crippen LogP contribution in [0.15, 0.2) is 58.4 Å².